The van der Waals surface area contributed by atoms with Crippen LogP contribution in [0.1, 0.15) is 0 Å². The predicted octanol–water partition coefficient (Wildman–Crippen LogP) is -15.2. The summed E-state index contributed by atoms with van der Waals surface area (Å²) >= 11 is 0. The van der Waals surface area contributed by atoms with E-state index < -0.39 is 261 Å². The largest absolute Gasteiger partial charge is 0.394 e. The number of aliphatic hydroxyl groups excluding tert-OH is 21. The molecule has 0 aromatic carbocycles. The average Bonchev–Trinajstić information content (AvgIpc) is 3.47. The van der Waals surface area contributed by atoms with Crippen LogP contribution in [0, 0.1) is 0 Å². The van der Waals surface area contributed by atoms with E-state index in [2.05, 4.69) is 0 Å². The van der Waals surface area contributed by atoms with Gasteiger partial charge in [0.15, 0.2) is 44.0 Å². The lowest BCUT2D eigenvalue weighted by molar-refractivity contribution is -0.396. The first kappa shape index (κ1) is 61.7. The second-order valence-electron chi connectivity index (χ2n) is 19.7. The van der Waals surface area contributed by atoms with Gasteiger partial charge >= 0.3 is 0 Å². The van der Waals surface area contributed by atoms with Crippen molar-refractivity contribution < 1.29 is 174 Å². The highest BCUT2D eigenvalue weighted by atomic mass is 16.8. The van der Waals surface area contributed by atoms with E-state index in [1.807, 2.05) is 0 Å². The third-order valence-electron chi connectivity index (χ3n) is 14.8. The molecular formula is C42H70O35. The Morgan fingerprint density at radius 2 is 0.260 bits per heavy atom. The fourth-order valence-corrected chi connectivity index (χ4v) is 10.4. The van der Waals surface area contributed by atoms with Gasteiger partial charge in [-0.2, -0.15) is 0 Å². The smallest absolute Gasteiger partial charge is 0.187 e. The molecule has 77 heavy (non-hydrogen) atoms. The summed E-state index contributed by atoms with van der Waals surface area (Å²) in [6, 6.07) is 0. The zero-order valence-corrected chi connectivity index (χ0v) is 40.3. The lowest BCUT2D eigenvalue weighted by atomic mass is 9.95. The molecule has 21 rings (SSSR count). The molecule has 35 atom stereocenters. The number of ether oxygens (including phenoxy) is 14. The molecule has 0 aliphatic carbocycles. The minimum atomic E-state index is -2.21. The molecule has 0 aromatic heterocycles. The SMILES string of the molecule is OC[C@H]1OC2OC3[C@@H](CO)OC(OC4[C@@H](CO)OC(O[C@H]5[C@H](O)[C@@H](O)C(O[C@H]6[C@H](O)[C@@H](O)C(O[C@H]7[C@H](O)[C@@H](O)C(O[C@H]8[C@H](O)[C@@H](O)C(OC1[C@H](O)[C@H]2O)O[C@@H]8CO)O[C@@H]7CO)O[C@@H]6CO)O[C@@H]5CO)[C@H](O)[C@H]4O)[C@H](O)[C@H]3O. The zero-order valence-electron chi connectivity index (χ0n) is 40.3. The maximum Gasteiger partial charge on any atom is 0.187 e. The van der Waals surface area contributed by atoms with Crippen molar-refractivity contribution in [3.05, 3.63) is 0 Å². The van der Waals surface area contributed by atoms with Crippen LogP contribution >= 0.6 is 0 Å². The molecule has 21 aliphatic rings. The standard InChI is InChI=1S/C42H70O35/c43-1-8-29-15(50)22(57)36(64-8)72-30-9(2-44)66-38(24(59)17(30)52)74-32-11(4-46)68-40(26(61)19(32)54)76-34-13(6-48)70-42(28(63)21(34)56)77-35-14(7-49)69-41(27(62)20(35)55)75-33-12(5-47)67-39(25(60)18(33)53)73-31-10(3-45)65-37(71-29)23(58)16(31)51/h8-63H,1-7H2/t8-,9-,10-,11-,12-,13-,14-,15-,16-,17-,18-,19-,20-,21-,22-,23-,24-,25-,26-,27-,28-,29-,30-,31-,32-,33?,34?,35?,36?,37?,38?,39?,40?,41?,42?/m1/s1. The molecule has 14 bridgehead atoms. The van der Waals surface area contributed by atoms with Gasteiger partial charge in [0.1, 0.15) is 171 Å². The van der Waals surface area contributed by atoms with Gasteiger partial charge in [-0.15, -0.1) is 0 Å². The van der Waals surface area contributed by atoms with E-state index >= 15 is 0 Å². The van der Waals surface area contributed by atoms with Crippen molar-refractivity contribution in [3.63, 3.8) is 0 Å². The number of aliphatic hydroxyl groups is 21. The lowest BCUT2D eigenvalue weighted by Crippen LogP contribution is -2.68. The lowest BCUT2D eigenvalue weighted by Gasteiger charge is -2.50. The quantitative estimate of drug-likeness (QED) is 0.113. The Labute approximate surface area is 434 Å². The van der Waals surface area contributed by atoms with Crippen molar-refractivity contribution in [1.29, 1.82) is 0 Å². The van der Waals surface area contributed by atoms with E-state index in [4.69, 9.17) is 66.3 Å². The summed E-state index contributed by atoms with van der Waals surface area (Å²) in [5, 5.41) is 230. The van der Waals surface area contributed by atoms with Gasteiger partial charge in [0.2, 0.25) is 0 Å². The third kappa shape index (κ3) is 12.1. The van der Waals surface area contributed by atoms with Gasteiger partial charge in [-0.1, -0.05) is 0 Å². The minimum absolute atomic E-state index is 1.05. The normalized spacial score (nSPS) is 55.4. The summed E-state index contributed by atoms with van der Waals surface area (Å²) < 4.78 is 79.5. The van der Waals surface area contributed by atoms with Crippen LogP contribution in [-0.4, -0.2) is 368 Å². The van der Waals surface area contributed by atoms with Crippen LogP contribution in [-0.2, 0) is 66.3 Å². The maximum atomic E-state index is 11.3. The molecule has 21 heterocycles. The Morgan fingerprint density at radius 3 is 0.351 bits per heavy atom. The number of rotatable bonds is 7. The molecule has 21 N–H and O–H groups in total. The molecule has 10 unspecified atom stereocenters. The summed E-state index contributed by atoms with van der Waals surface area (Å²) in [5.41, 5.74) is 0. The maximum absolute atomic E-state index is 11.3. The second kappa shape index (κ2) is 26.0. The van der Waals surface area contributed by atoms with Gasteiger partial charge in [-0.3, -0.25) is 0 Å². The van der Waals surface area contributed by atoms with Gasteiger partial charge in [0.05, 0.1) is 46.2 Å². The highest BCUT2D eigenvalue weighted by molar-refractivity contribution is 5.01. The van der Waals surface area contributed by atoms with Gasteiger partial charge in [0, 0.05) is 0 Å². The molecule has 448 valence electrons. The summed E-state index contributed by atoms with van der Waals surface area (Å²) in [6.45, 7) is -7.33. The first-order chi connectivity index (χ1) is 36.7. The second-order valence-corrected chi connectivity index (χ2v) is 19.7. The number of hydrogen-bond donors (Lipinski definition) is 21. The van der Waals surface area contributed by atoms with Gasteiger partial charge in [-0.25, -0.2) is 0 Å². The van der Waals surface area contributed by atoms with Crippen molar-refractivity contribution in [2.45, 2.75) is 215 Å². The highest BCUT2D eigenvalue weighted by Crippen LogP contribution is 2.39. The zero-order chi connectivity index (χ0) is 56.1. The van der Waals surface area contributed by atoms with E-state index in [1.54, 1.807) is 0 Å². The van der Waals surface area contributed by atoms with E-state index in [0.29, 0.717) is 0 Å². The predicted molar refractivity (Wildman–Crippen MR) is 228 cm³/mol. The minimum Gasteiger partial charge on any atom is -0.394 e. The van der Waals surface area contributed by atoms with Crippen molar-refractivity contribution in [3.8, 4) is 0 Å². The Morgan fingerprint density at radius 1 is 0.156 bits per heavy atom. The molecule has 35 heteroatoms. The van der Waals surface area contributed by atoms with Crippen LogP contribution in [0.3, 0.4) is 0 Å². The van der Waals surface area contributed by atoms with Crippen molar-refractivity contribution in [2.24, 2.45) is 0 Å². The van der Waals surface area contributed by atoms with E-state index in [9.17, 15) is 107 Å². The summed E-state index contributed by atoms with van der Waals surface area (Å²) in [6.07, 6.45) is -70.2. The molecule has 0 aromatic rings. The molecule has 0 amide bonds. The molecule has 0 spiro atoms. The fourth-order valence-electron chi connectivity index (χ4n) is 10.4. The number of hydrogen-bond acceptors (Lipinski definition) is 35. The first-order valence-corrected chi connectivity index (χ1v) is 24.6. The topological polar surface area (TPSA) is 554 Å². The van der Waals surface area contributed by atoms with Crippen LogP contribution in [0.15, 0.2) is 0 Å². The molecule has 0 radical (unpaired) electrons. The summed E-state index contributed by atoms with van der Waals surface area (Å²) in [5.74, 6) is 0. The molecule has 0 saturated carbocycles. The van der Waals surface area contributed by atoms with Crippen LogP contribution < -0.4 is 0 Å². The van der Waals surface area contributed by atoms with Gasteiger partial charge in [-0.05, 0) is 0 Å². The van der Waals surface area contributed by atoms with Crippen molar-refractivity contribution >= 4 is 0 Å². The molecule has 21 saturated heterocycles. The Hall–Kier alpha value is -1.40. The Kier molecular flexibility index (Phi) is 20.8. The highest BCUT2D eigenvalue weighted by Gasteiger charge is 2.59. The van der Waals surface area contributed by atoms with Crippen LogP contribution in [0.25, 0.3) is 0 Å². The molecule has 35 nitrogen and oxygen atoms in total. The van der Waals surface area contributed by atoms with Crippen LogP contribution in [0.2, 0.25) is 0 Å². The Bertz CT molecular complexity index is 1470. The monoisotopic (exact) mass is 1130 g/mol. The molecular weight excluding hydrogens is 1060 g/mol. The van der Waals surface area contributed by atoms with E-state index in [0.717, 1.165) is 0 Å². The van der Waals surface area contributed by atoms with Gasteiger partial charge in [0.25, 0.3) is 0 Å². The average molecular weight is 1130 g/mol. The van der Waals surface area contributed by atoms with Crippen molar-refractivity contribution in [1.82, 2.24) is 0 Å². The summed E-state index contributed by atoms with van der Waals surface area (Å²) in [4.78, 5) is 0. The van der Waals surface area contributed by atoms with E-state index in [-0.39, 0.29) is 0 Å². The van der Waals surface area contributed by atoms with Crippen molar-refractivity contribution in [2.75, 3.05) is 46.2 Å². The van der Waals surface area contributed by atoms with Crippen LogP contribution in [0.4, 0.5) is 0 Å². The summed E-state index contributed by atoms with van der Waals surface area (Å²) in [7, 11) is 0. The Balaban J connectivity index is 1.08. The molecule has 21 aliphatic heterocycles. The van der Waals surface area contributed by atoms with E-state index in [1.165, 1.54) is 0 Å². The van der Waals surface area contributed by atoms with Crippen LogP contribution in [0.5, 0.6) is 0 Å². The fraction of sp³-hybridized carbons (Fsp3) is 1.00. The van der Waals surface area contributed by atoms with Gasteiger partial charge < -0.3 is 174 Å². The third-order valence-corrected chi connectivity index (χ3v) is 14.8. The first-order valence-electron chi connectivity index (χ1n) is 24.6. The molecule has 21 fully saturated rings.